The number of para-hydroxylation sites is 1. The number of aliphatic hydroxyl groups is 1. The van der Waals surface area contributed by atoms with Crippen LogP contribution in [0.3, 0.4) is 0 Å². The second kappa shape index (κ2) is 9.67. The first-order chi connectivity index (χ1) is 15.5. The van der Waals surface area contributed by atoms with Gasteiger partial charge in [-0.05, 0) is 31.0 Å². The zero-order valence-electron chi connectivity index (χ0n) is 18.4. The second-order valence-corrected chi connectivity index (χ2v) is 8.42. The first-order valence-electron chi connectivity index (χ1n) is 11.1. The van der Waals surface area contributed by atoms with Crippen molar-refractivity contribution in [2.24, 2.45) is 0 Å². The van der Waals surface area contributed by atoms with Crippen LogP contribution in [0.2, 0.25) is 0 Å². The van der Waals surface area contributed by atoms with Gasteiger partial charge in [0.15, 0.2) is 0 Å². The number of ether oxygens (including phenoxy) is 1. The van der Waals surface area contributed by atoms with E-state index in [0.717, 1.165) is 11.3 Å². The van der Waals surface area contributed by atoms with Crippen molar-refractivity contribution in [2.45, 2.75) is 37.5 Å². The molecular formula is C24H30N4O4. The lowest BCUT2D eigenvalue weighted by atomic mass is 9.87. The summed E-state index contributed by atoms with van der Waals surface area (Å²) in [5.74, 6) is 0.579. The van der Waals surface area contributed by atoms with Gasteiger partial charge in [-0.1, -0.05) is 24.3 Å². The van der Waals surface area contributed by atoms with Gasteiger partial charge in [0.25, 0.3) is 0 Å². The molecule has 1 unspecified atom stereocenters. The number of hydrogen-bond acceptors (Lipinski definition) is 6. The summed E-state index contributed by atoms with van der Waals surface area (Å²) in [5, 5.41) is 13.9. The fraction of sp³-hybridized carbons (Fsp3) is 0.458. The predicted octanol–water partition coefficient (Wildman–Crippen LogP) is 1.29. The van der Waals surface area contributed by atoms with E-state index in [1.54, 1.807) is 18.2 Å². The van der Waals surface area contributed by atoms with Gasteiger partial charge in [-0.3, -0.25) is 19.5 Å². The average Bonchev–Trinajstić information content (AvgIpc) is 2.82. The van der Waals surface area contributed by atoms with Gasteiger partial charge in [0.05, 0.1) is 25.3 Å². The van der Waals surface area contributed by atoms with E-state index >= 15 is 0 Å². The number of benzene rings is 1. The Balaban J connectivity index is 1.40. The summed E-state index contributed by atoms with van der Waals surface area (Å²) in [7, 11) is 1.63. The highest BCUT2D eigenvalue weighted by molar-refractivity contribution is 5.89. The number of likely N-dealkylation sites (tertiary alicyclic amines) is 1. The van der Waals surface area contributed by atoms with Gasteiger partial charge in [-0.2, -0.15) is 0 Å². The van der Waals surface area contributed by atoms with Gasteiger partial charge >= 0.3 is 0 Å². The summed E-state index contributed by atoms with van der Waals surface area (Å²) in [6, 6.07) is 12.7. The molecule has 1 atom stereocenters. The van der Waals surface area contributed by atoms with Crippen molar-refractivity contribution in [3.8, 4) is 5.75 Å². The quantitative estimate of drug-likeness (QED) is 0.706. The first-order valence-corrected chi connectivity index (χ1v) is 11.1. The third-order valence-corrected chi connectivity index (χ3v) is 6.46. The Morgan fingerprint density at radius 3 is 2.66 bits per heavy atom. The molecule has 8 heteroatoms. The summed E-state index contributed by atoms with van der Waals surface area (Å²) < 4.78 is 5.45. The van der Waals surface area contributed by atoms with Crippen molar-refractivity contribution >= 4 is 11.8 Å². The molecule has 8 nitrogen and oxygen atoms in total. The molecule has 2 saturated heterocycles. The first kappa shape index (κ1) is 22.2. The van der Waals surface area contributed by atoms with Crippen LogP contribution >= 0.6 is 0 Å². The van der Waals surface area contributed by atoms with Crippen molar-refractivity contribution in [1.29, 1.82) is 0 Å². The molecule has 170 valence electrons. The van der Waals surface area contributed by atoms with E-state index in [2.05, 4.69) is 10.3 Å². The lowest BCUT2D eigenvalue weighted by Gasteiger charge is -2.39. The number of methoxy groups -OCH3 is 1. The van der Waals surface area contributed by atoms with Crippen molar-refractivity contribution in [2.75, 3.05) is 33.3 Å². The minimum Gasteiger partial charge on any atom is -0.496 e. The van der Waals surface area contributed by atoms with Gasteiger partial charge in [0.1, 0.15) is 11.4 Å². The number of nitrogens with one attached hydrogen (secondary N) is 1. The number of carbonyl (C=O) groups is 2. The molecule has 1 aromatic heterocycles. The molecule has 0 aliphatic carbocycles. The number of piperazine rings is 1. The van der Waals surface area contributed by atoms with Crippen LogP contribution in [0, 0.1) is 0 Å². The summed E-state index contributed by atoms with van der Waals surface area (Å²) in [4.78, 5) is 33.8. The normalized spacial score (nSPS) is 21.1. The fourth-order valence-electron chi connectivity index (χ4n) is 4.54. The number of pyridine rings is 1. The highest BCUT2D eigenvalue weighted by Gasteiger charge is 2.38. The highest BCUT2D eigenvalue weighted by Crippen LogP contribution is 2.32. The number of carbonyl (C=O) groups excluding carboxylic acids is 2. The number of hydrogen-bond donors (Lipinski definition) is 2. The average molecular weight is 439 g/mol. The Hall–Kier alpha value is -2.97. The van der Waals surface area contributed by atoms with Crippen LogP contribution in [0.25, 0.3) is 0 Å². The van der Waals surface area contributed by atoms with Crippen LogP contribution in [-0.2, 0) is 21.7 Å². The Bertz CT molecular complexity index is 944. The maximum absolute atomic E-state index is 13.1. The van der Waals surface area contributed by atoms with E-state index in [4.69, 9.17) is 4.74 Å². The van der Waals surface area contributed by atoms with Crippen molar-refractivity contribution in [3.63, 3.8) is 0 Å². The zero-order valence-corrected chi connectivity index (χ0v) is 18.4. The van der Waals surface area contributed by atoms with Gasteiger partial charge < -0.3 is 20.1 Å². The number of nitrogens with zero attached hydrogens (tertiary/aromatic N) is 3. The molecule has 2 amide bonds. The number of rotatable bonds is 6. The Labute approximate surface area is 188 Å². The summed E-state index contributed by atoms with van der Waals surface area (Å²) in [5.41, 5.74) is 0.609. The van der Waals surface area contributed by atoms with Gasteiger partial charge in [0, 0.05) is 44.5 Å². The molecule has 2 aromatic rings. The van der Waals surface area contributed by atoms with Crippen LogP contribution in [0.5, 0.6) is 5.75 Å². The summed E-state index contributed by atoms with van der Waals surface area (Å²) in [6.07, 6.45) is 2.64. The molecule has 1 aromatic carbocycles. The van der Waals surface area contributed by atoms with Gasteiger partial charge in [-0.15, -0.1) is 0 Å². The Kier molecular flexibility index (Phi) is 6.72. The van der Waals surface area contributed by atoms with E-state index in [1.807, 2.05) is 47.4 Å². The summed E-state index contributed by atoms with van der Waals surface area (Å²) >= 11 is 0. The predicted molar refractivity (Wildman–Crippen MR) is 119 cm³/mol. The molecule has 0 spiro atoms. The largest absolute Gasteiger partial charge is 0.496 e. The Morgan fingerprint density at radius 2 is 1.94 bits per heavy atom. The van der Waals surface area contributed by atoms with Crippen LogP contribution in [0.15, 0.2) is 48.7 Å². The van der Waals surface area contributed by atoms with E-state index in [-0.39, 0.29) is 18.2 Å². The lowest BCUT2D eigenvalue weighted by Crippen LogP contribution is -2.56. The minimum atomic E-state index is -1.02. The molecule has 3 heterocycles. The maximum Gasteiger partial charge on any atom is 0.237 e. The van der Waals surface area contributed by atoms with Gasteiger partial charge in [-0.25, -0.2) is 0 Å². The second-order valence-electron chi connectivity index (χ2n) is 8.42. The van der Waals surface area contributed by atoms with E-state index in [1.165, 1.54) is 0 Å². The van der Waals surface area contributed by atoms with Crippen molar-refractivity contribution in [3.05, 3.63) is 59.9 Å². The van der Waals surface area contributed by atoms with Crippen LogP contribution < -0.4 is 10.1 Å². The molecule has 4 rings (SSSR count). The smallest absolute Gasteiger partial charge is 0.237 e. The molecule has 0 radical (unpaired) electrons. The third kappa shape index (κ3) is 4.76. The summed E-state index contributed by atoms with van der Waals surface area (Å²) in [6.45, 7) is 2.63. The van der Waals surface area contributed by atoms with E-state index < -0.39 is 11.6 Å². The lowest BCUT2D eigenvalue weighted by molar-refractivity contribution is -0.142. The molecular weight excluding hydrogens is 408 g/mol. The monoisotopic (exact) mass is 438 g/mol. The zero-order chi connectivity index (χ0) is 22.6. The highest BCUT2D eigenvalue weighted by atomic mass is 16.5. The molecule has 2 aliphatic rings. The molecule has 32 heavy (non-hydrogen) atoms. The van der Waals surface area contributed by atoms with Crippen molar-refractivity contribution in [1.82, 2.24) is 20.1 Å². The molecule has 2 fully saturated rings. The molecule has 2 N–H and O–H groups in total. The van der Waals surface area contributed by atoms with Gasteiger partial charge in [0.2, 0.25) is 11.8 Å². The molecule has 2 aliphatic heterocycles. The van der Waals surface area contributed by atoms with Crippen LogP contribution in [0.4, 0.5) is 0 Å². The van der Waals surface area contributed by atoms with Crippen LogP contribution in [0.1, 0.15) is 30.5 Å². The van der Waals surface area contributed by atoms with E-state index in [9.17, 15) is 14.7 Å². The van der Waals surface area contributed by atoms with E-state index in [0.29, 0.717) is 51.3 Å². The number of amides is 2. The number of aromatic nitrogens is 1. The topological polar surface area (TPSA) is 95.0 Å². The third-order valence-electron chi connectivity index (χ3n) is 6.46. The fourth-order valence-corrected chi connectivity index (χ4v) is 4.54. The SMILES string of the molecule is COc1ccccc1CN1CCNC(=O)C1CC(=O)N1CCC(O)(c2ccccn2)CC1. The minimum absolute atomic E-state index is 0.0693. The number of piperidine rings is 1. The Morgan fingerprint density at radius 1 is 1.19 bits per heavy atom. The maximum atomic E-state index is 13.1. The standard InChI is InChI=1S/C24H30N4O4/c1-32-20-7-3-2-6-18(20)17-28-15-12-26-23(30)19(28)16-22(29)27-13-9-24(31,10-14-27)21-8-4-5-11-25-21/h2-8,11,19,31H,9-10,12-17H2,1H3,(H,26,30). The van der Waals surface area contributed by atoms with Crippen molar-refractivity contribution < 1.29 is 19.4 Å². The van der Waals surface area contributed by atoms with Crippen LogP contribution in [-0.4, -0.2) is 71.0 Å². The molecule has 0 saturated carbocycles. The molecule has 0 bridgehead atoms.